The fourth-order valence-electron chi connectivity index (χ4n) is 3.09. The Morgan fingerprint density at radius 3 is 2.39 bits per heavy atom. The van der Waals surface area contributed by atoms with Crippen LogP contribution < -0.4 is 15.6 Å². The lowest BCUT2D eigenvalue weighted by molar-refractivity contribution is -0.117. The van der Waals surface area contributed by atoms with Gasteiger partial charge in [-0.05, 0) is 61.2 Å². The predicted octanol–water partition coefficient (Wildman–Crippen LogP) is 5.17. The summed E-state index contributed by atoms with van der Waals surface area (Å²) in [6.45, 7) is 6.08. The summed E-state index contributed by atoms with van der Waals surface area (Å²) in [5.41, 5.74) is 4.80. The van der Waals surface area contributed by atoms with Crippen LogP contribution in [-0.2, 0) is 4.79 Å². The summed E-state index contributed by atoms with van der Waals surface area (Å²) in [6, 6.07) is 18.3. The Hall–Kier alpha value is -3.42. The van der Waals surface area contributed by atoms with Crippen molar-refractivity contribution < 1.29 is 9.59 Å². The average Bonchev–Trinajstić information content (AvgIpc) is 3.34. The molecule has 2 N–H and O–H groups in total. The van der Waals surface area contributed by atoms with Gasteiger partial charge in [-0.1, -0.05) is 41.9 Å². The van der Waals surface area contributed by atoms with E-state index in [0.717, 1.165) is 29.2 Å². The van der Waals surface area contributed by atoms with Gasteiger partial charge >= 0.3 is 0 Å². The van der Waals surface area contributed by atoms with Gasteiger partial charge in [-0.25, -0.2) is 5.43 Å². The van der Waals surface area contributed by atoms with Crippen molar-refractivity contribution in [3.05, 3.63) is 92.8 Å². The number of nitrogens with zero attached hydrogens (tertiary/aromatic N) is 2. The molecule has 1 aromatic heterocycles. The van der Waals surface area contributed by atoms with Gasteiger partial charge in [-0.15, -0.1) is 11.3 Å². The number of hydrogen-bond donors (Lipinski definition) is 2. The number of carbonyl (C=O) groups excluding carboxylic acids is 2. The normalized spacial score (nSPS) is 11.4. The van der Waals surface area contributed by atoms with Crippen LogP contribution in [-0.4, -0.2) is 31.1 Å². The van der Waals surface area contributed by atoms with Crippen LogP contribution in [0.2, 0.25) is 5.02 Å². The van der Waals surface area contributed by atoms with Gasteiger partial charge in [0.1, 0.15) is 5.70 Å². The number of amides is 2. The fourth-order valence-corrected chi connectivity index (χ4v) is 3.97. The SMILES string of the molecule is CCN(CC)c1ccc(/C=N/NC(=O)/C(=C/c2cccs2)NC(=O)c2ccccc2Cl)cc1. The van der Waals surface area contributed by atoms with Crippen molar-refractivity contribution in [3.63, 3.8) is 0 Å². The Morgan fingerprint density at radius 2 is 1.76 bits per heavy atom. The molecule has 8 heteroatoms. The van der Waals surface area contributed by atoms with Crippen molar-refractivity contribution in [2.75, 3.05) is 18.0 Å². The largest absolute Gasteiger partial charge is 0.372 e. The molecular weight excluding hydrogens is 456 g/mol. The summed E-state index contributed by atoms with van der Waals surface area (Å²) in [5, 5.41) is 8.89. The lowest BCUT2D eigenvalue weighted by Gasteiger charge is -2.20. The van der Waals surface area contributed by atoms with Crippen LogP contribution in [0.4, 0.5) is 5.69 Å². The van der Waals surface area contributed by atoms with Crippen LogP contribution in [0.5, 0.6) is 0 Å². The zero-order chi connectivity index (χ0) is 23.6. The molecule has 0 fully saturated rings. The van der Waals surface area contributed by atoms with Crippen molar-refractivity contribution in [2.45, 2.75) is 13.8 Å². The summed E-state index contributed by atoms with van der Waals surface area (Å²) in [4.78, 5) is 28.5. The van der Waals surface area contributed by atoms with Crippen molar-refractivity contribution >= 4 is 52.7 Å². The van der Waals surface area contributed by atoms with Crippen LogP contribution in [0.1, 0.15) is 34.6 Å². The first-order valence-electron chi connectivity index (χ1n) is 10.5. The smallest absolute Gasteiger partial charge is 0.287 e. The lowest BCUT2D eigenvalue weighted by atomic mass is 10.2. The van der Waals surface area contributed by atoms with E-state index in [2.05, 4.69) is 34.6 Å². The molecule has 3 aromatic rings. The lowest BCUT2D eigenvalue weighted by Crippen LogP contribution is -2.33. The number of thiophene rings is 1. The van der Waals surface area contributed by atoms with Crippen LogP contribution in [0.3, 0.4) is 0 Å². The zero-order valence-corrected chi connectivity index (χ0v) is 20.0. The monoisotopic (exact) mass is 480 g/mol. The third kappa shape index (κ3) is 6.78. The molecule has 0 aliphatic carbocycles. The second-order valence-electron chi connectivity index (χ2n) is 6.97. The molecule has 0 spiro atoms. The second-order valence-corrected chi connectivity index (χ2v) is 8.36. The number of benzene rings is 2. The summed E-state index contributed by atoms with van der Waals surface area (Å²) in [5.74, 6) is -1.02. The summed E-state index contributed by atoms with van der Waals surface area (Å²) < 4.78 is 0. The number of hydrogen-bond acceptors (Lipinski definition) is 5. The first kappa shape index (κ1) is 24.2. The van der Waals surface area contributed by atoms with Crippen LogP contribution in [0, 0.1) is 0 Å². The zero-order valence-electron chi connectivity index (χ0n) is 18.4. The highest BCUT2D eigenvalue weighted by molar-refractivity contribution is 7.10. The van der Waals surface area contributed by atoms with E-state index in [0.29, 0.717) is 5.02 Å². The molecule has 3 rings (SSSR count). The van der Waals surface area contributed by atoms with E-state index in [1.807, 2.05) is 41.8 Å². The number of anilines is 1. The number of hydrazone groups is 1. The van der Waals surface area contributed by atoms with E-state index in [-0.39, 0.29) is 11.3 Å². The molecule has 1 heterocycles. The molecule has 0 aliphatic heterocycles. The highest BCUT2D eigenvalue weighted by atomic mass is 35.5. The molecule has 6 nitrogen and oxygen atoms in total. The maximum absolute atomic E-state index is 12.8. The molecule has 0 saturated carbocycles. The van der Waals surface area contributed by atoms with E-state index in [4.69, 9.17) is 11.6 Å². The minimum absolute atomic E-state index is 0.0661. The van der Waals surface area contributed by atoms with E-state index >= 15 is 0 Å². The van der Waals surface area contributed by atoms with Crippen molar-refractivity contribution in [1.82, 2.24) is 10.7 Å². The number of carbonyl (C=O) groups is 2. The number of rotatable bonds is 9. The first-order chi connectivity index (χ1) is 16.0. The predicted molar refractivity (Wildman–Crippen MR) is 137 cm³/mol. The number of halogens is 1. The van der Waals surface area contributed by atoms with Gasteiger partial charge in [0.05, 0.1) is 16.8 Å². The van der Waals surface area contributed by atoms with E-state index in [9.17, 15) is 9.59 Å². The topological polar surface area (TPSA) is 73.8 Å². The Kier molecular flexibility index (Phi) is 8.80. The summed E-state index contributed by atoms with van der Waals surface area (Å²) in [7, 11) is 0. The molecule has 0 saturated heterocycles. The Labute approximate surface area is 202 Å². The minimum Gasteiger partial charge on any atom is -0.372 e. The highest BCUT2D eigenvalue weighted by Gasteiger charge is 2.16. The highest BCUT2D eigenvalue weighted by Crippen LogP contribution is 2.17. The molecule has 33 heavy (non-hydrogen) atoms. The molecule has 2 aromatic carbocycles. The molecule has 0 unspecified atom stereocenters. The molecule has 0 atom stereocenters. The van der Waals surface area contributed by atoms with E-state index < -0.39 is 11.8 Å². The van der Waals surface area contributed by atoms with Crippen molar-refractivity contribution in [1.29, 1.82) is 0 Å². The van der Waals surface area contributed by atoms with Crippen LogP contribution >= 0.6 is 22.9 Å². The molecule has 170 valence electrons. The van der Waals surface area contributed by atoms with Gasteiger partial charge in [0.2, 0.25) is 0 Å². The Bertz CT molecular complexity index is 1140. The quantitative estimate of drug-likeness (QED) is 0.252. The first-order valence-corrected chi connectivity index (χ1v) is 11.8. The number of nitrogens with one attached hydrogen (secondary N) is 2. The van der Waals surface area contributed by atoms with Crippen molar-refractivity contribution in [2.24, 2.45) is 5.10 Å². The third-order valence-corrected chi connectivity index (χ3v) is 5.99. The van der Waals surface area contributed by atoms with Gasteiger partial charge in [-0.3, -0.25) is 9.59 Å². The summed E-state index contributed by atoms with van der Waals surface area (Å²) >= 11 is 7.57. The molecule has 0 aliphatic rings. The van der Waals surface area contributed by atoms with Gasteiger partial charge in [0, 0.05) is 23.7 Å². The van der Waals surface area contributed by atoms with Gasteiger partial charge in [0.25, 0.3) is 11.8 Å². The molecular formula is C25H25ClN4O2S. The minimum atomic E-state index is -0.542. The Balaban J connectivity index is 1.71. The van der Waals surface area contributed by atoms with E-state index in [1.165, 1.54) is 11.3 Å². The van der Waals surface area contributed by atoms with E-state index in [1.54, 1.807) is 36.6 Å². The summed E-state index contributed by atoms with van der Waals surface area (Å²) in [6.07, 6.45) is 3.16. The Morgan fingerprint density at radius 1 is 1.03 bits per heavy atom. The van der Waals surface area contributed by atoms with Gasteiger partial charge < -0.3 is 10.2 Å². The fraction of sp³-hybridized carbons (Fsp3) is 0.160. The standard InChI is InChI=1S/C25H25ClN4O2S/c1-3-30(4-2)19-13-11-18(12-14-19)17-27-29-25(32)23(16-20-8-7-15-33-20)28-24(31)21-9-5-6-10-22(21)26/h5-17H,3-4H2,1-2H3,(H,28,31)(H,29,32)/b23-16-,27-17+. The van der Waals surface area contributed by atoms with Gasteiger partial charge in [-0.2, -0.15) is 5.10 Å². The molecule has 0 radical (unpaired) electrons. The average molecular weight is 481 g/mol. The molecule has 0 bridgehead atoms. The molecule has 2 amide bonds. The van der Waals surface area contributed by atoms with Crippen LogP contribution in [0.25, 0.3) is 6.08 Å². The maximum Gasteiger partial charge on any atom is 0.287 e. The second kappa shape index (κ2) is 12.0. The maximum atomic E-state index is 12.8. The van der Waals surface area contributed by atoms with Crippen LogP contribution in [0.15, 0.2) is 76.8 Å². The third-order valence-electron chi connectivity index (χ3n) is 4.84. The van der Waals surface area contributed by atoms with Gasteiger partial charge in [0.15, 0.2) is 0 Å². The van der Waals surface area contributed by atoms with Crippen molar-refractivity contribution in [3.8, 4) is 0 Å².